The first kappa shape index (κ1) is 16.3. The van der Waals surface area contributed by atoms with E-state index < -0.39 is 0 Å². The summed E-state index contributed by atoms with van der Waals surface area (Å²) < 4.78 is 5.50. The summed E-state index contributed by atoms with van der Waals surface area (Å²) in [6.07, 6.45) is 4.21. The van der Waals surface area contributed by atoms with E-state index in [1.807, 2.05) is 37.3 Å². The van der Waals surface area contributed by atoms with Crippen LogP contribution in [0, 0.1) is 6.92 Å². The van der Waals surface area contributed by atoms with Gasteiger partial charge in [-0.05, 0) is 36.6 Å². The Kier molecular flexibility index (Phi) is 4.16. The minimum Gasteiger partial charge on any atom is -0.496 e. The van der Waals surface area contributed by atoms with E-state index >= 15 is 0 Å². The van der Waals surface area contributed by atoms with E-state index in [-0.39, 0.29) is 11.8 Å². The number of para-hydroxylation sites is 1. The highest BCUT2D eigenvalue weighted by atomic mass is 16.5. The number of methoxy groups -OCH3 is 1. The average molecular weight is 348 g/mol. The molecule has 6 nitrogen and oxygen atoms in total. The number of carbonyl (C=O) groups is 1. The summed E-state index contributed by atoms with van der Waals surface area (Å²) in [4.78, 5) is 24.6. The van der Waals surface area contributed by atoms with Crippen molar-refractivity contribution in [3.8, 4) is 17.1 Å². The molecular weight excluding hydrogens is 328 g/mol. The van der Waals surface area contributed by atoms with Crippen molar-refractivity contribution < 1.29 is 9.53 Å². The molecule has 1 aromatic carbocycles. The zero-order chi connectivity index (χ0) is 18.1. The standard InChI is InChI=1S/C20H20N4O2/c1-12-10-21-8-7-14(12)19-23-16-9-13(11-22-20(25)18(16)24-19)15-5-3-4-6-17(15)26-2/h3-8,10,13H,9,11H2,1-2H3,(H,22,25)(H,23,24). The van der Waals surface area contributed by atoms with Crippen molar-refractivity contribution in [2.45, 2.75) is 19.3 Å². The third-order valence-electron chi connectivity index (χ3n) is 4.81. The Labute approximate surface area is 151 Å². The van der Waals surface area contributed by atoms with Gasteiger partial charge in [0.2, 0.25) is 0 Å². The fourth-order valence-electron chi connectivity index (χ4n) is 3.45. The average Bonchev–Trinajstić information content (AvgIpc) is 3.02. The lowest BCUT2D eigenvalue weighted by Gasteiger charge is -2.17. The number of aromatic amines is 1. The molecule has 0 bridgehead atoms. The quantitative estimate of drug-likeness (QED) is 0.763. The maximum Gasteiger partial charge on any atom is 0.271 e. The van der Waals surface area contributed by atoms with Crippen molar-refractivity contribution in [3.63, 3.8) is 0 Å². The number of H-pyrrole nitrogens is 1. The molecular formula is C20H20N4O2. The van der Waals surface area contributed by atoms with Gasteiger partial charge in [0, 0.05) is 36.1 Å². The van der Waals surface area contributed by atoms with Crippen LogP contribution < -0.4 is 10.1 Å². The second-order valence-corrected chi connectivity index (χ2v) is 6.46. The van der Waals surface area contributed by atoms with E-state index in [4.69, 9.17) is 4.74 Å². The van der Waals surface area contributed by atoms with Crippen molar-refractivity contribution in [1.82, 2.24) is 20.3 Å². The van der Waals surface area contributed by atoms with Gasteiger partial charge in [-0.25, -0.2) is 4.98 Å². The number of nitrogens with one attached hydrogen (secondary N) is 2. The SMILES string of the molecule is COc1ccccc1C1CNC(=O)c2nc(-c3ccncc3C)[nH]c2C1. The van der Waals surface area contributed by atoms with Crippen LogP contribution in [0.4, 0.5) is 0 Å². The fourth-order valence-corrected chi connectivity index (χ4v) is 3.45. The van der Waals surface area contributed by atoms with Crippen molar-refractivity contribution in [2.75, 3.05) is 13.7 Å². The number of fused-ring (bicyclic) bond motifs is 1. The van der Waals surface area contributed by atoms with Crippen molar-refractivity contribution in [2.24, 2.45) is 0 Å². The van der Waals surface area contributed by atoms with Crippen LogP contribution in [0.1, 0.15) is 33.2 Å². The molecule has 2 N–H and O–H groups in total. The van der Waals surface area contributed by atoms with Crippen LogP contribution in [-0.2, 0) is 6.42 Å². The highest BCUT2D eigenvalue weighted by molar-refractivity contribution is 5.94. The molecule has 132 valence electrons. The van der Waals surface area contributed by atoms with Gasteiger partial charge in [-0.2, -0.15) is 0 Å². The molecule has 0 spiro atoms. The van der Waals surface area contributed by atoms with E-state index in [9.17, 15) is 4.79 Å². The third-order valence-corrected chi connectivity index (χ3v) is 4.81. The first-order chi connectivity index (χ1) is 12.7. The molecule has 3 heterocycles. The zero-order valence-corrected chi connectivity index (χ0v) is 14.7. The monoisotopic (exact) mass is 348 g/mol. The molecule has 1 unspecified atom stereocenters. The first-order valence-electron chi connectivity index (χ1n) is 8.58. The molecule has 1 atom stereocenters. The van der Waals surface area contributed by atoms with E-state index in [0.717, 1.165) is 28.1 Å². The summed E-state index contributed by atoms with van der Waals surface area (Å²) >= 11 is 0. The number of hydrogen-bond acceptors (Lipinski definition) is 4. The molecule has 0 saturated carbocycles. The second-order valence-electron chi connectivity index (χ2n) is 6.46. The lowest BCUT2D eigenvalue weighted by molar-refractivity contribution is 0.0950. The Morgan fingerprint density at radius 3 is 2.88 bits per heavy atom. The maximum atomic E-state index is 12.5. The highest BCUT2D eigenvalue weighted by Gasteiger charge is 2.28. The van der Waals surface area contributed by atoms with E-state index in [1.54, 1.807) is 19.5 Å². The van der Waals surface area contributed by atoms with Crippen LogP contribution in [0.25, 0.3) is 11.4 Å². The Morgan fingerprint density at radius 1 is 1.23 bits per heavy atom. The van der Waals surface area contributed by atoms with E-state index in [2.05, 4.69) is 20.3 Å². The predicted molar refractivity (Wildman–Crippen MR) is 98.3 cm³/mol. The number of aromatic nitrogens is 3. The van der Waals surface area contributed by atoms with Gasteiger partial charge in [0.05, 0.1) is 7.11 Å². The second kappa shape index (κ2) is 6.63. The lowest BCUT2D eigenvalue weighted by atomic mass is 9.93. The Hall–Kier alpha value is -3.15. The summed E-state index contributed by atoms with van der Waals surface area (Å²) in [5.74, 6) is 1.50. The van der Waals surface area contributed by atoms with E-state index in [1.165, 1.54) is 0 Å². The number of aryl methyl sites for hydroxylation is 1. The van der Waals surface area contributed by atoms with Gasteiger partial charge in [-0.3, -0.25) is 9.78 Å². The molecule has 4 rings (SSSR count). The van der Waals surface area contributed by atoms with Gasteiger partial charge in [0.25, 0.3) is 5.91 Å². The first-order valence-corrected chi connectivity index (χ1v) is 8.58. The minimum absolute atomic E-state index is 0.114. The smallest absolute Gasteiger partial charge is 0.271 e. The molecule has 0 radical (unpaired) electrons. The van der Waals surface area contributed by atoms with Crippen molar-refractivity contribution >= 4 is 5.91 Å². The molecule has 1 aliphatic rings. The van der Waals surface area contributed by atoms with Gasteiger partial charge in [0.1, 0.15) is 17.3 Å². The lowest BCUT2D eigenvalue weighted by Crippen LogP contribution is -2.26. The summed E-state index contributed by atoms with van der Waals surface area (Å²) in [7, 11) is 1.67. The van der Waals surface area contributed by atoms with Gasteiger partial charge in [-0.1, -0.05) is 18.2 Å². The number of pyridine rings is 1. The van der Waals surface area contributed by atoms with Crippen LogP contribution in [-0.4, -0.2) is 34.5 Å². The molecule has 1 aliphatic heterocycles. The number of amides is 1. The number of hydrogen-bond donors (Lipinski definition) is 2. The van der Waals surface area contributed by atoms with Crippen molar-refractivity contribution in [1.29, 1.82) is 0 Å². The predicted octanol–water partition coefficient (Wildman–Crippen LogP) is 2.86. The Bertz CT molecular complexity index is 964. The number of ether oxygens (including phenoxy) is 1. The summed E-state index contributed by atoms with van der Waals surface area (Å²) in [6.45, 7) is 2.53. The number of nitrogens with zero attached hydrogens (tertiary/aromatic N) is 2. The molecule has 0 aliphatic carbocycles. The van der Waals surface area contributed by atoms with E-state index in [0.29, 0.717) is 24.5 Å². The summed E-state index contributed by atoms with van der Waals surface area (Å²) in [5.41, 5.74) is 4.36. The minimum atomic E-state index is -0.147. The number of rotatable bonds is 3. The maximum absolute atomic E-state index is 12.5. The van der Waals surface area contributed by atoms with Gasteiger partial charge < -0.3 is 15.0 Å². The largest absolute Gasteiger partial charge is 0.496 e. The number of carbonyl (C=O) groups excluding carboxylic acids is 1. The molecule has 2 aromatic heterocycles. The summed E-state index contributed by atoms with van der Waals surface area (Å²) in [5, 5.41) is 2.99. The summed E-state index contributed by atoms with van der Waals surface area (Å²) in [6, 6.07) is 9.84. The molecule has 6 heteroatoms. The Morgan fingerprint density at radius 2 is 2.08 bits per heavy atom. The molecule has 3 aromatic rings. The van der Waals surface area contributed by atoms with Gasteiger partial charge in [-0.15, -0.1) is 0 Å². The van der Waals surface area contributed by atoms with Crippen LogP contribution in [0.5, 0.6) is 5.75 Å². The fraction of sp³-hybridized carbons (Fsp3) is 0.250. The number of imidazole rings is 1. The molecule has 0 saturated heterocycles. The number of benzene rings is 1. The normalized spacial score (nSPS) is 16.5. The highest BCUT2D eigenvalue weighted by Crippen LogP contribution is 2.32. The topological polar surface area (TPSA) is 79.9 Å². The molecule has 26 heavy (non-hydrogen) atoms. The Balaban J connectivity index is 1.74. The van der Waals surface area contributed by atoms with Gasteiger partial charge in [0.15, 0.2) is 0 Å². The van der Waals surface area contributed by atoms with Crippen LogP contribution in [0.2, 0.25) is 0 Å². The molecule has 0 fully saturated rings. The van der Waals surface area contributed by atoms with Crippen LogP contribution >= 0.6 is 0 Å². The van der Waals surface area contributed by atoms with Gasteiger partial charge >= 0.3 is 0 Å². The molecule has 1 amide bonds. The van der Waals surface area contributed by atoms with Crippen LogP contribution in [0.3, 0.4) is 0 Å². The third kappa shape index (κ3) is 2.83. The van der Waals surface area contributed by atoms with Crippen LogP contribution in [0.15, 0.2) is 42.7 Å². The zero-order valence-electron chi connectivity index (χ0n) is 14.7. The van der Waals surface area contributed by atoms with Crippen molar-refractivity contribution in [3.05, 3.63) is 65.2 Å².